The van der Waals surface area contributed by atoms with Gasteiger partial charge in [0.05, 0.1) is 0 Å². The summed E-state index contributed by atoms with van der Waals surface area (Å²) in [6.07, 6.45) is 8.37. The van der Waals surface area contributed by atoms with E-state index in [2.05, 4.69) is 37.9 Å². The molecule has 1 rings (SSSR count). The molecule has 1 N–H and O–H groups in total. The fraction of sp³-hybridized carbons (Fsp3) is 1.00. The van der Waals surface area contributed by atoms with Gasteiger partial charge in [-0.3, -0.25) is 0 Å². The van der Waals surface area contributed by atoms with Gasteiger partial charge in [-0.1, -0.05) is 47.0 Å². The van der Waals surface area contributed by atoms with Gasteiger partial charge in [0, 0.05) is 12.6 Å². The normalized spacial score (nSPS) is 24.9. The Balaban J connectivity index is 2.41. The second kappa shape index (κ2) is 9.77. The van der Waals surface area contributed by atoms with Crippen molar-refractivity contribution in [3.05, 3.63) is 0 Å². The summed E-state index contributed by atoms with van der Waals surface area (Å²) in [5.74, 6) is 1.78. The van der Waals surface area contributed by atoms with Crippen LogP contribution >= 0.6 is 0 Å². The van der Waals surface area contributed by atoms with Crippen LogP contribution in [-0.2, 0) is 0 Å². The van der Waals surface area contributed by atoms with E-state index in [4.69, 9.17) is 0 Å². The molecule has 0 aromatic carbocycles. The number of rotatable bonds is 8. The van der Waals surface area contributed by atoms with E-state index in [9.17, 15) is 0 Å². The molecule has 0 amide bonds. The molecule has 0 saturated carbocycles. The number of likely N-dealkylation sites (tertiary alicyclic amines) is 1. The zero-order valence-corrected chi connectivity index (χ0v) is 13.8. The standard InChI is InChI=1S/C17H36N2/c1-5-9-16-10-8-12-19(13-11-16)14-17(18-7-3)15(4)6-2/h15-18H,5-14H2,1-4H3. The molecule has 0 bridgehead atoms. The van der Waals surface area contributed by atoms with Gasteiger partial charge in [-0.15, -0.1) is 0 Å². The van der Waals surface area contributed by atoms with Crippen LogP contribution in [0.3, 0.4) is 0 Å². The van der Waals surface area contributed by atoms with Gasteiger partial charge in [-0.2, -0.15) is 0 Å². The first-order valence-corrected chi connectivity index (χ1v) is 8.66. The van der Waals surface area contributed by atoms with E-state index in [1.54, 1.807) is 0 Å². The summed E-state index contributed by atoms with van der Waals surface area (Å²) < 4.78 is 0. The Kier molecular flexibility index (Phi) is 8.72. The zero-order chi connectivity index (χ0) is 14.1. The van der Waals surface area contributed by atoms with Crippen LogP contribution in [0.2, 0.25) is 0 Å². The summed E-state index contributed by atoms with van der Waals surface area (Å²) in [7, 11) is 0. The molecule has 1 aliphatic heterocycles. The maximum absolute atomic E-state index is 3.70. The van der Waals surface area contributed by atoms with Crippen LogP contribution in [0.15, 0.2) is 0 Å². The second-order valence-electron chi connectivity index (χ2n) is 6.44. The number of hydrogen-bond donors (Lipinski definition) is 1. The highest BCUT2D eigenvalue weighted by molar-refractivity contribution is 4.79. The first kappa shape index (κ1) is 17.0. The molecule has 0 aromatic rings. The van der Waals surface area contributed by atoms with E-state index < -0.39 is 0 Å². The lowest BCUT2D eigenvalue weighted by molar-refractivity contribution is 0.215. The largest absolute Gasteiger partial charge is 0.313 e. The molecule has 0 spiro atoms. The highest BCUT2D eigenvalue weighted by atomic mass is 15.1. The molecule has 1 saturated heterocycles. The Bertz CT molecular complexity index is 217. The molecular formula is C17H36N2. The molecule has 2 heteroatoms. The van der Waals surface area contributed by atoms with Crippen molar-refractivity contribution in [2.24, 2.45) is 11.8 Å². The lowest BCUT2D eigenvalue weighted by Gasteiger charge is -2.30. The third-order valence-electron chi connectivity index (χ3n) is 4.89. The summed E-state index contributed by atoms with van der Waals surface area (Å²) in [5, 5.41) is 3.70. The fourth-order valence-electron chi connectivity index (χ4n) is 3.37. The van der Waals surface area contributed by atoms with Crippen LogP contribution < -0.4 is 5.32 Å². The van der Waals surface area contributed by atoms with Gasteiger partial charge in [0.2, 0.25) is 0 Å². The van der Waals surface area contributed by atoms with E-state index in [-0.39, 0.29) is 0 Å². The lowest BCUT2D eigenvalue weighted by Crippen LogP contribution is -2.45. The quantitative estimate of drug-likeness (QED) is 0.718. The SMILES string of the molecule is CCCC1CCCN(CC(NCC)C(C)CC)CC1. The van der Waals surface area contributed by atoms with Crippen LogP contribution in [-0.4, -0.2) is 37.1 Å². The number of nitrogens with zero attached hydrogens (tertiary/aromatic N) is 1. The van der Waals surface area contributed by atoms with Crippen LogP contribution in [0.5, 0.6) is 0 Å². The van der Waals surface area contributed by atoms with Gasteiger partial charge >= 0.3 is 0 Å². The van der Waals surface area contributed by atoms with Gasteiger partial charge in [-0.05, 0) is 50.7 Å². The van der Waals surface area contributed by atoms with Crippen molar-refractivity contribution < 1.29 is 0 Å². The summed E-state index contributed by atoms with van der Waals surface area (Å²) in [6.45, 7) is 14.3. The van der Waals surface area contributed by atoms with Crippen LogP contribution in [0.4, 0.5) is 0 Å². The molecule has 1 heterocycles. The Morgan fingerprint density at radius 2 is 1.95 bits per heavy atom. The minimum absolute atomic E-state index is 0.678. The summed E-state index contributed by atoms with van der Waals surface area (Å²) in [4.78, 5) is 2.72. The van der Waals surface area contributed by atoms with Crippen molar-refractivity contribution in [1.82, 2.24) is 10.2 Å². The monoisotopic (exact) mass is 268 g/mol. The minimum atomic E-state index is 0.678. The highest BCUT2D eigenvalue weighted by Gasteiger charge is 2.21. The lowest BCUT2D eigenvalue weighted by atomic mass is 9.96. The van der Waals surface area contributed by atoms with Gasteiger partial charge in [0.15, 0.2) is 0 Å². The minimum Gasteiger partial charge on any atom is -0.313 e. The Hall–Kier alpha value is -0.0800. The molecule has 114 valence electrons. The van der Waals surface area contributed by atoms with Crippen LogP contribution in [0.1, 0.15) is 66.2 Å². The highest BCUT2D eigenvalue weighted by Crippen LogP contribution is 2.22. The number of likely N-dealkylation sites (N-methyl/N-ethyl adjacent to an activating group) is 1. The summed E-state index contributed by atoms with van der Waals surface area (Å²) >= 11 is 0. The van der Waals surface area contributed by atoms with E-state index in [1.807, 2.05) is 0 Å². The molecular weight excluding hydrogens is 232 g/mol. The number of hydrogen-bond acceptors (Lipinski definition) is 2. The van der Waals surface area contributed by atoms with Gasteiger partial charge in [-0.25, -0.2) is 0 Å². The topological polar surface area (TPSA) is 15.3 Å². The molecule has 19 heavy (non-hydrogen) atoms. The maximum atomic E-state index is 3.70. The Labute approximate surface area is 121 Å². The molecule has 1 aliphatic rings. The van der Waals surface area contributed by atoms with Gasteiger partial charge in [0.25, 0.3) is 0 Å². The molecule has 0 aliphatic carbocycles. The average molecular weight is 268 g/mol. The Morgan fingerprint density at radius 1 is 1.16 bits per heavy atom. The molecule has 3 atom stereocenters. The molecule has 3 unspecified atom stereocenters. The molecule has 1 fully saturated rings. The third-order valence-corrected chi connectivity index (χ3v) is 4.89. The van der Waals surface area contributed by atoms with Crippen molar-refractivity contribution in [1.29, 1.82) is 0 Å². The zero-order valence-electron chi connectivity index (χ0n) is 13.8. The van der Waals surface area contributed by atoms with Crippen molar-refractivity contribution in [2.45, 2.75) is 72.3 Å². The average Bonchev–Trinajstić information content (AvgIpc) is 2.63. The van der Waals surface area contributed by atoms with Crippen LogP contribution in [0.25, 0.3) is 0 Å². The smallest absolute Gasteiger partial charge is 0.0220 e. The first-order chi connectivity index (χ1) is 9.21. The molecule has 0 aromatic heterocycles. The molecule has 0 radical (unpaired) electrons. The second-order valence-corrected chi connectivity index (χ2v) is 6.44. The Morgan fingerprint density at radius 3 is 2.58 bits per heavy atom. The van der Waals surface area contributed by atoms with Gasteiger partial charge in [0.1, 0.15) is 0 Å². The van der Waals surface area contributed by atoms with Crippen molar-refractivity contribution in [3.8, 4) is 0 Å². The van der Waals surface area contributed by atoms with Crippen molar-refractivity contribution in [3.63, 3.8) is 0 Å². The van der Waals surface area contributed by atoms with Gasteiger partial charge < -0.3 is 10.2 Å². The maximum Gasteiger partial charge on any atom is 0.0220 e. The predicted molar refractivity (Wildman–Crippen MR) is 85.6 cm³/mol. The van der Waals surface area contributed by atoms with E-state index in [0.717, 1.165) is 18.4 Å². The van der Waals surface area contributed by atoms with Crippen molar-refractivity contribution >= 4 is 0 Å². The van der Waals surface area contributed by atoms with E-state index >= 15 is 0 Å². The van der Waals surface area contributed by atoms with E-state index in [1.165, 1.54) is 58.2 Å². The first-order valence-electron chi connectivity index (χ1n) is 8.66. The third kappa shape index (κ3) is 6.27. The fourth-order valence-corrected chi connectivity index (χ4v) is 3.37. The number of nitrogens with one attached hydrogen (secondary N) is 1. The summed E-state index contributed by atoms with van der Waals surface area (Å²) in [5.41, 5.74) is 0. The molecule has 2 nitrogen and oxygen atoms in total. The predicted octanol–water partition coefficient (Wildman–Crippen LogP) is 3.91. The van der Waals surface area contributed by atoms with E-state index in [0.29, 0.717) is 6.04 Å². The van der Waals surface area contributed by atoms with Crippen molar-refractivity contribution in [2.75, 3.05) is 26.2 Å². The summed E-state index contributed by atoms with van der Waals surface area (Å²) in [6, 6.07) is 0.678. The van der Waals surface area contributed by atoms with Crippen LogP contribution in [0, 0.1) is 11.8 Å².